The van der Waals surface area contributed by atoms with Gasteiger partial charge in [0.05, 0.1) is 0 Å². The van der Waals surface area contributed by atoms with Crippen LogP contribution in [0.4, 0.5) is 0 Å². The van der Waals surface area contributed by atoms with Gasteiger partial charge in [0.15, 0.2) is 0 Å². The molecule has 0 amide bonds. The summed E-state index contributed by atoms with van der Waals surface area (Å²) in [7, 11) is 0. The average molecular weight is 993 g/mol. The van der Waals surface area contributed by atoms with Gasteiger partial charge in [-0.1, -0.05) is 303 Å². The van der Waals surface area contributed by atoms with Crippen molar-refractivity contribution in [3.8, 4) is 55.6 Å². The molecule has 0 saturated carbocycles. The van der Waals surface area contributed by atoms with Crippen molar-refractivity contribution in [3.05, 3.63) is 349 Å². The number of hydrogen-bond acceptors (Lipinski definition) is 0. The average Bonchev–Trinajstić information content (AvgIpc) is 3.71. The lowest BCUT2D eigenvalue weighted by Gasteiger charge is -2.20. The number of fused-ring (bicyclic) bond motifs is 2. The lowest BCUT2D eigenvalue weighted by Crippen LogP contribution is -2.01. The monoisotopic (exact) mass is 992 g/mol. The van der Waals surface area contributed by atoms with Gasteiger partial charge < -0.3 is 0 Å². The minimum Gasteiger partial charge on any atom is -0.0773 e. The van der Waals surface area contributed by atoms with Crippen LogP contribution >= 0.6 is 0 Å². The van der Waals surface area contributed by atoms with E-state index >= 15 is 0 Å². The molecule has 0 nitrogen and oxygen atoms in total. The Morgan fingerprint density at radius 3 is 1.32 bits per heavy atom. The molecule has 0 aromatic heterocycles. The van der Waals surface area contributed by atoms with E-state index in [1.807, 2.05) is 0 Å². The van der Waals surface area contributed by atoms with Crippen molar-refractivity contribution in [3.63, 3.8) is 0 Å². The van der Waals surface area contributed by atoms with Gasteiger partial charge in [-0.3, -0.25) is 0 Å². The van der Waals surface area contributed by atoms with Gasteiger partial charge >= 0.3 is 0 Å². The highest BCUT2D eigenvalue weighted by molar-refractivity contribution is 6.22. The second-order valence-electron chi connectivity index (χ2n) is 20.3. The Morgan fingerprint density at radius 1 is 0.308 bits per heavy atom. The molecule has 368 valence electrons. The fourth-order valence-electron chi connectivity index (χ4n) is 11.6. The van der Waals surface area contributed by atoms with Gasteiger partial charge in [0.2, 0.25) is 0 Å². The van der Waals surface area contributed by atoms with Crippen LogP contribution in [0.1, 0.15) is 39.8 Å². The Balaban J connectivity index is 0.899. The van der Waals surface area contributed by atoms with E-state index in [9.17, 15) is 0 Å². The molecule has 0 aliphatic heterocycles. The predicted octanol–water partition coefficient (Wildman–Crippen LogP) is 21.0. The van der Waals surface area contributed by atoms with Crippen molar-refractivity contribution in [1.29, 1.82) is 0 Å². The summed E-state index contributed by atoms with van der Waals surface area (Å²) in [5, 5.41) is 4.92. The summed E-state index contributed by atoms with van der Waals surface area (Å²) >= 11 is 0. The van der Waals surface area contributed by atoms with Gasteiger partial charge in [-0.05, 0) is 158 Å². The van der Waals surface area contributed by atoms with Crippen molar-refractivity contribution in [1.82, 2.24) is 0 Å². The summed E-state index contributed by atoms with van der Waals surface area (Å²) in [6.07, 6.45) is 12.6. The van der Waals surface area contributed by atoms with E-state index < -0.39 is 0 Å². The fourth-order valence-corrected chi connectivity index (χ4v) is 11.6. The molecular weight excluding hydrogens is 937 g/mol. The first-order valence-corrected chi connectivity index (χ1v) is 27.2. The highest BCUT2D eigenvalue weighted by atomic mass is 14.2. The predicted molar refractivity (Wildman–Crippen MR) is 334 cm³/mol. The third-order valence-electron chi connectivity index (χ3n) is 15.4. The Morgan fingerprint density at radius 2 is 0.744 bits per heavy atom. The summed E-state index contributed by atoms with van der Waals surface area (Å²) < 4.78 is 0. The van der Waals surface area contributed by atoms with Crippen LogP contribution in [-0.2, 0) is 0 Å². The van der Waals surface area contributed by atoms with Gasteiger partial charge in [-0.25, -0.2) is 0 Å². The van der Waals surface area contributed by atoms with Crippen LogP contribution in [0.3, 0.4) is 0 Å². The van der Waals surface area contributed by atoms with Gasteiger partial charge in [0.25, 0.3) is 0 Å². The van der Waals surface area contributed by atoms with Crippen LogP contribution < -0.4 is 0 Å². The highest BCUT2D eigenvalue weighted by Gasteiger charge is 2.20. The Labute approximate surface area is 458 Å². The lowest BCUT2D eigenvalue weighted by molar-refractivity contribution is 0.838. The van der Waals surface area contributed by atoms with Crippen LogP contribution in [0, 0.1) is 5.92 Å². The molecular formula is C78H56. The zero-order valence-corrected chi connectivity index (χ0v) is 43.4. The minimum atomic E-state index is 0.257. The summed E-state index contributed by atoms with van der Waals surface area (Å²) in [5.41, 5.74) is 23.2. The molecule has 12 aromatic rings. The van der Waals surface area contributed by atoms with Crippen molar-refractivity contribution in [2.24, 2.45) is 5.92 Å². The van der Waals surface area contributed by atoms with Gasteiger partial charge in [-0.2, -0.15) is 0 Å². The summed E-state index contributed by atoms with van der Waals surface area (Å²) in [5.74, 6) is 0.257. The Kier molecular flexibility index (Phi) is 13.3. The first-order valence-electron chi connectivity index (χ1n) is 27.2. The molecule has 78 heavy (non-hydrogen) atoms. The van der Waals surface area contributed by atoms with E-state index in [2.05, 4.69) is 322 Å². The topological polar surface area (TPSA) is 0 Å². The molecule has 0 saturated heterocycles. The Hall–Kier alpha value is -9.88. The van der Waals surface area contributed by atoms with Crippen molar-refractivity contribution < 1.29 is 0 Å². The van der Waals surface area contributed by atoms with Crippen LogP contribution in [0.25, 0.3) is 100.0 Å². The number of rotatable bonds is 12. The van der Waals surface area contributed by atoms with Crippen molar-refractivity contribution >= 4 is 44.3 Å². The van der Waals surface area contributed by atoms with Gasteiger partial charge in [0, 0.05) is 0 Å². The molecule has 1 atom stereocenters. The number of allylic oxidation sites excluding steroid dienone is 5. The maximum atomic E-state index is 2.45. The van der Waals surface area contributed by atoms with Crippen LogP contribution in [0.5, 0.6) is 0 Å². The first-order chi connectivity index (χ1) is 38.7. The zero-order valence-electron chi connectivity index (χ0n) is 43.4. The second-order valence-corrected chi connectivity index (χ2v) is 20.3. The number of benzene rings is 12. The van der Waals surface area contributed by atoms with E-state index in [1.54, 1.807) is 0 Å². The maximum Gasteiger partial charge on any atom is -0.0000307 e. The SMILES string of the molecule is C1=CC(C=C(c2ccccc2)c2ccccc2)CC(c2ccc(-c3c4ccccc4c(-c4ccc(-c5cccc(C=C(c6ccccc6)c6ccccc6)c5)cc4)c4ccc(-c5ccccc5-c5ccccc5)cc34)cc2)=C1. The smallest absolute Gasteiger partial charge is 0.0000307 e. The zero-order chi connectivity index (χ0) is 52.0. The van der Waals surface area contributed by atoms with Crippen LogP contribution in [-0.4, -0.2) is 0 Å². The third-order valence-corrected chi connectivity index (χ3v) is 15.4. The quantitative estimate of drug-likeness (QED) is 0.0845. The third kappa shape index (κ3) is 9.80. The molecule has 13 rings (SSSR count). The molecule has 12 aromatic carbocycles. The van der Waals surface area contributed by atoms with Crippen molar-refractivity contribution in [2.75, 3.05) is 0 Å². The second kappa shape index (κ2) is 21.8. The number of hydrogen-bond donors (Lipinski definition) is 0. The Bertz CT molecular complexity index is 4120. The minimum absolute atomic E-state index is 0.257. The molecule has 0 heteroatoms. The molecule has 1 aliphatic rings. The molecule has 0 bridgehead atoms. The maximum absolute atomic E-state index is 2.45. The molecule has 0 heterocycles. The normalized spacial score (nSPS) is 13.0. The molecule has 1 unspecified atom stereocenters. The summed E-state index contributed by atoms with van der Waals surface area (Å²) in [6.45, 7) is 0. The fraction of sp³-hybridized carbons (Fsp3) is 0.0256. The van der Waals surface area contributed by atoms with Crippen molar-refractivity contribution in [2.45, 2.75) is 6.42 Å². The molecule has 0 N–H and O–H groups in total. The lowest BCUT2D eigenvalue weighted by atomic mass is 9.83. The molecule has 1 aliphatic carbocycles. The van der Waals surface area contributed by atoms with E-state index in [4.69, 9.17) is 0 Å². The van der Waals surface area contributed by atoms with E-state index in [0.29, 0.717) is 0 Å². The highest BCUT2D eigenvalue weighted by Crippen LogP contribution is 2.46. The summed E-state index contributed by atoms with van der Waals surface area (Å²) in [4.78, 5) is 0. The van der Waals surface area contributed by atoms with Gasteiger partial charge in [0.1, 0.15) is 0 Å². The van der Waals surface area contributed by atoms with Gasteiger partial charge in [-0.15, -0.1) is 0 Å². The van der Waals surface area contributed by atoms with E-state index in [1.165, 1.54) is 122 Å². The van der Waals surface area contributed by atoms with E-state index in [0.717, 1.165) is 12.0 Å². The standard InChI is InChI=1S/C78H56/c1-6-24-59(25-7-1)69-36-16-17-37-70(69)68-48-49-73-76(54-68)78(65-46-42-58(43-47-65)67-35-21-23-56(51-67)53-75(62-30-12-4-13-31-62)63-32-14-5-15-33-63)72-39-19-18-38-71(72)77(73)64-44-40-57(41-45-64)66-34-20-22-55(50-66)52-74(60-26-8-2-9-27-60)61-28-10-3-11-29-61/h1-50,52-54,56H,51H2. The molecule has 0 radical (unpaired) electrons. The molecule has 0 spiro atoms. The summed E-state index contributed by atoms with van der Waals surface area (Å²) in [6, 6.07) is 106. The van der Waals surface area contributed by atoms with Crippen LogP contribution in [0.15, 0.2) is 315 Å². The largest absolute Gasteiger partial charge is 0.0773 e. The first kappa shape index (κ1) is 47.8. The van der Waals surface area contributed by atoms with E-state index in [-0.39, 0.29) is 5.92 Å². The van der Waals surface area contributed by atoms with Crippen LogP contribution in [0.2, 0.25) is 0 Å². The molecule has 0 fully saturated rings.